The highest BCUT2D eigenvalue weighted by atomic mass is 16.2. The lowest BCUT2D eigenvalue weighted by Gasteiger charge is -2.30. The van der Waals surface area contributed by atoms with Crippen LogP contribution in [-0.2, 0) is 4.79 Å². The molecule has 1 rings (SSSR count). The number of carbonyl (C=O) groups excluding carboxylic acids is 2. The van der Waals surface area contributed by atoms with Gasteiger partial charge in [0.1, 0.15) is 6.17 Å². The van der Waals surface area contributed by atoms with E-state index in [1.54, 1.807) is 0 Å². The quantitative estimate of drug-likeness (QED) is 0.493. The van der Waals surface area contributed by atoms with Crippen molar-refractivity contribution < 1.29 is 9.59 Å². The van der Waals surface area contributed by atoms with Crippen LogP contribution in [0.15, 0.2) is 0 Å². The van der Waals surface area contributed by atoms with Crippen molar-refractivity contribution in [3.63, 3.8) is 0 Å². The highest BCUT2D eigenvalue weighted by Gasteiger charge is 2.24. The number of carbonyl (C=O) groups is 2. The largest absolute Gasteiger partial charge is 0.338 e. The van der Waals surface area contributed by atoms with E-state index in [9.17, 15) is 9.59 Å². The van der Waals surface area contributed by atoms with Crippen LogP contribution in [0.3, 0.4) is 0 Å². The lowest BCUT2D eigenvalue weighted by atomic mass is 10.1. The third kappa shape index (κ3) is 2.11. The maximum Gasteiger partial charge on any atom is 0.316 e. The van der Waals surface area contributed by atoms with Crippen molar-refractivity contribution in [1.29, 1.82) is 0 Å². The molecule has 1 fully saturated rings. The van der Waals surface area contributed by atoms with Crippen molar-refractivity contribution >= 4 is 11.9 Å². The van der Waals surface area contributed by atoms with E-state index in [1.165, 1.54) is 6.92 Å². The van der Waals surface area contributed by atoms with E-state index in [2.05, 4.69) is 16.0 Å². The van der Waals surface area contributed by atoms with Crippen molar-refractivity contribution in [3.05, 3.63) is 0 Å². The molecule has 0 bridgehead atoms. The van der Waals surface area contributed by atoms with Crippen LogP contribution in [-0.4, -0.2) is 24.6 Å². The molecule has 12 heavy (non-hydrogen) atoms. The molecule has 3 amide bonds. The van der Waals surface area contributed by atoms with Crippen LogP contribution in [0.5, 0.6) is 0 Å². The molecule has 3 N–H and O–H groups in total. The summed E-state index contributed by atoms with van der Waals surface area (Å²) in [5.74, 6) is 0.0839. The Morgan fingerprint density at radius 2 is 2.33 bits per heavy atom. The van der Waals surface area contributed by atoms with Gasteiger partial charge in [-0.3, -0.25) is 4.79 Å². The van der Waals surface area contributed by atoms with Gasteiger partial charge in [-0.1, -0.05) is 6.92 Å². The van der Waals surface area contributed by atoms with Crippen molar-refractivity contribution in [3.8, 4) is 0 Å². The fourth-order valence-electron chi connectivity index (χ4n) is 1.10. The Labute approximate surface area is 70.9 Å². The van der Waals surface area contributed by atoms with E-state index in [4.69, 9.17) is 0 Å². The van der Waals surface area contributed by atoms with Gasteiger partial charge in [-0.05, 0) is 0 Å². The Kier molecular flexibility index (Phi) is 2.52. The van der Waals surface area contributed by atoms with Crippen LogP contribution in [0, 0.1) is 5.92 Å². The molecule has 68 valence electrons. The standard InChI is InChI=1S/C7H13N3O2/c1-4-3-8-7(12)10-6(4)9-5(2)11/h4,6H,3H2,1-2H3,(H,9,11)(H2,8,10,12). The third-order valence-corrected chi connectivity index (χ3v) is 1.80. The van der Waals surface area contributed by atoms with Gasteiger partial charge >= 0.3 is 6.03 Å². The first-order chi connectivity index (χ1) is 5.59. The van der Waals surface area contributed by atoms with E-state index in [1.807, 2.05) is 6.92 Å². The summed E-state index contributed by atoms with van der Waals surface area (Å²) in [6.07, 6.45) is -0.240. The Morgan fingerprint density at radius 3 is 2.92 bits per heavy atom. The second kappa shape index (κ2) is 3.42. The Morgan fingerprint density at radius 1 is 1.67 bits per heavy atom. The molecule has 2 unspecified atom stereocenters. The molecule has 0 aromatic carbocycles. The zero-order valence-electron chi connectivity index (χ0n) is 7.18. The molecule has 2 atom stereocenters. The van der Waals surface area contributed by atoms with E-state index in [0.717, 1.165) is 0 Å². The molecule has 1 heterocycles. The average molecular weight is 171 g/mol. The number of urea groups is 1. The molecular weight excluding hydrogens is 158 g/mol. The van der Waals surface area contributed by atoms with Gasteiger partial charge in [-0.25, -0.2) is 4.79 Å². The molecule has 1 aliphatic rings. The first-order valence-corrected chi connectivity index (χ1v) is 3.91. The van der Waals surface area contributed by atoms with Gasteiger partial charge in [0.2, 0.25) is 5.91 Å². The maximum atomic E-state index is 10.8. The van der Waals surface area contributed by atoms with Crippen LogP contribution >= 0.6 is 0 Å². The highest BCUT2D eigenvalue weighted by Crippen LogP contribution is 2.02. The van der Waals surface area contributed by atoms with Crippen molar-refractivity contribution in [2.24, 2.45) is 5.92 Å². The van der Waals surface area contributed by atoms with Crippen molar-refractivity contribution in [1.82, 2.24) is 16.0 Å². The molecule has 0 spiro atoms. The second-order valence-electron chi connectivity index (χ2n) is 3.01. The van der Waals surface area contributed by atoms with Crippen molar-refractivity contribution in [2.75, 3.05) is 6.54 Å². The average Bonchev–Trinajstić information content (AvgIpc) is 1.96. The van der Waals surface area contributed by atoms with Crippen molar-refractivity contribution in [2.45, 2.75) is 20.0 Å². The topological polar surface area (TPSA) is 70.2 Å². The summed E-state index contributed by atoms with van der Waals surface area (Å²) in [5, 5.41) is 7.90. The minimum atomic E-state index is -0.240. The van der Waals surface area contributed by atoms with Gasteiger partial charge in [0.05, 0.1) is 0 Å². The van der Waals surface area contributed by atoms with Gasteiger partial charge in [-0.15, -0.1) is 0 Å². The Hall–Kier alpha value is -1.26. The van der Waals surface area contributed by atoms with Crippen LogP contribution in [0.25, 0.3) is 0 Å². The molecule has 1 aliphatic heterocycles. The fourth-order valence-corrected chi connectivity index (χ4v) is 1.10. The first-order valence-electron chi connectivity index (χ1n) is 3.91. The molecule has 0 aromatic rings. The summed E-state index contributed by atoms with van der Waals surface area (Å²) in [7, 11) is 0. The lowest BCUT2D eigenvalue weighted by Crippen LogP contribution is -2.60. The molecule has 0 radical (unpaired) electrons. The summed E-state index contributed by atoms with van der Waals surface area (Å²) in [4.78, 5) is 21.5. The van der Waals surface area contributed by atoms with Gasteiger partial charge in [0.15, 0.2) is 0 Å². The SMILES string of the molecule is CC(=O)NC1NC(=O)NCC1C. The van der Waals surface area contributed by atoms with Gasteiger partial charge in [0.25, 0.3) is 0 Å². The molecule has 1 saturated heterocycles. The third-order valence-electron chi connectivity index (χ3n) is 1.80. The number of hydrogen-bond donors (Lipinski definition) is 3. The first kappa shape index (κ1) is 8.83. The molecule has 0 saturated carbocycles. The zero-order valence-corrected chi connectivity index (χ0v) is 7.18. The molecular formula is C7H13N3O2. The summed E-state index contributed by atoms with van der Waals surface area (Å²) in [6, 6.07) is -0.230. The smallest absolute Gasteiger partial charge is 0.316 e. The summed E-state index contributed by atoms with van der Waals surface area (Å²) in [5.41, 5.74) is 0. The zero-order chi connectivity index (χ0) is 9.14. The number of hydrogen-bond acceptors (Lipinski definition) is 2. The monoisotopic (exact) mass is 171 g/mol. The summed E-state index contributed by atoms with van der Waals surface area (Å²) < 4.78 is 0. The predicted octanol–water partition coefficient (Wildman–Crippen LogP) is -0.602. The molecule has 5 nitrogen and oxygen atoms in total. The maximum absolute atomic E-state index is 10.8. The molecule has 0 aromatic heterocycles. The summed E-state index contributed by atoms with van der Waals surface area (Å²) >= 11 is 0. The second-order valence-corrected chi connectivity index (χ2v) is 3.01. The Bertz CT molecular complexity index is 203. The number of rotatable bonds is 1. The van der Waals surface area contributed by atoms with Crippen LogP contribution < -0.4 is 16.0 Å². The van der Waals surface area contributed by atoms with Gasteiger partial charge < -0.3 is 16.0 Å². The highest BCUT2D eigenvalue weighted by molar-refractivity contribution is 5.77. The predicted molar refractivity (Wildman–Crippen MR) is 43.3 cm³/mol. The van der Waals surface area contributed by atoms with Crippen LogP contribution in [0.2, 0.25) is 0 Å². The van der Waals surface area contributed by atoms with E-state index in [-0.39, 0.29) is 24.0 Å². The molecule has 0 aliphatic carbocycles. The normalized spacial score (nSPS) is 28.7. The van der Waals surface area contributed by atoms with Crippen LogP contribution in [0.1, 0.15) is 13.8 Å². The Balaban J connectivity index is 2.49. The minimum Gasteiger partial charge on any atom is -0.338 e. The van der Waals surface area contributed by atoms with E-state index < -0.39 is 0 Å². The van der Waals surface area contributed by atoms with Gasteiger partial charge in [0, 0.05) is 19.4 Å². The molecule has 5 heteroatoms. The van der Waals surface area contributed by atoms with Crippen LogP contribution in [0.4, 0.5) is 4.79 Å². The minimum absolute atomic E-state index is 0.131. The summed E-state index contributed by atoms with van der Waals surface area (Å²) in [6.45, 7) is 3.98. The fraction of sp³-hybridized carbons (Fsp3) is 0.714. The number of nitrogens with one attached hydrogen (secondary N) is 3. The number of amides is 3. The van der Waals surface area contributed by atoms with E-state index >= 15 is 0 Å². The van der Waals surface area contributed by atoms with Gasteiger partial charge in [-0.2, -0.15) is 0 Å². The lowest BCUT2D eigenvalue weighted by molar-refractivity contribution is -0.120. The van der Waals surface area contributed by atoms with E-state index in [0.29, 0.717) is 6.54 Å².